The molecule has 3 aromatic rings. The largest absolute Gasteiger partial charge is 0.494 e. The lowest BCUT2D eigenvalue weighted by Gasteiger charge is -2.36. The molecule has 1 N–H and O–H groups in total. The molecule has 1 unspecified atom stereocenters. The zero-order valence-corrected chi connectivity index (χ0v) is 21.0. The van der Waals surface area contributed by atoms with Gasteiger partial charge < -0.3 is 9.64 Å². The minimum absolute atomic E-state index is 0.254. The van der Waals surface area contributed by atoms with E-state index < -0.39 is 0 Å². The molecule has 1 atom stereocenters. The van der Waals surface area contributed by atoms with Gasteiger partial charge in [0, 0.05) is 33.9 Å². The number of anilines is 1. The van der Waals surface area contributed by atoms with Crippen molar-refractivity contribution < 1.29 is 9.53 Å². The number of rotatable bonds is 5. The van der Waals surface area contributed by atoms with Crippen molar-refractivity contribution in [2.24, 2.45) is 0 Å². The number of aromatic nitrogens is 3. The second-order valence-electron chi connectivity index (χ2n) is 8.91. The highest BCUT2D eigenvalue weighted by Crippen LogP contribution is 2.36. The number of nitrogens with zero attached hydrogens (tertiary/aromatic N) is 4. The molecule has 0 saturated carbocycles. The molecule has 178 valence electrons. The van der Waals surface area contributed by atoms with E-state index in [0.29, 0.717) is 38.8 Å². The summed E-state index contributed by atoms with van der Waals surface area (Å²) in [5.41, 5.74) is 3.73. The van der Waals surface area contributed by atoms with Gasteiger partial charge in [-0.3, -0.25) is 15.1 Å². The fourth-order valence-corrected chi connectivity index (χ4v) is 6.16. The third-order valence-electron chi connectivity index (χ3n) is 6.67. The number of nitrogens with one attached hydrogen (secondary N) is 1. The lowest BCUT2D eigenvalue weighted by Crippen LogP contribution is -2.42. The normalized spacial score (nSPS) is 18.4. The Morgan fingerprint density at radius 2 is 2.00 bits per heavy atom. The Morgan fingerprint density at radius 1 is 1.18 bits per heavy atom. The topological polar surface area (TPSA) is 80.2 Å². The molecule has 1 saturated heterocycles. The number of halogens is 1. The van der Waals surface area contributed by atoms with Crippen LogP contribution in [0.4, 0.5) is 5.13 Å². The molecule has 0 spiro atoms. The van der Waals surface area contributed by atoms with Crippen LogP contribution in [-0.4, -0.2) is 52.0 Å². The van der Waals surface area contributed by atoms with Crippen molar-refractivity contribution in [2.45, 2.75) is 51.5 Å². The van der Waals surface area contributed by atoms with E-state index >= 15 is 0 Å². The number of fused-ring (bicyclic) bond motifs is 1. The molecule has 0 radical (unpaired) electrons. The van der Waals surface area contributed by atoms with Gasteiger partial charge in [-0.25, -0.2) is 9.97 Å². The van der Waals surface area contributed by atoms with Gasteiger partial charge in [-0.1, -0.05) is 18.0 Å². The number of aryl methyl sites for hydroxylation is 2. The van der Waals surface area contributed by atoms with Crippen LogP contribution >= 0.6 is 22.9 Å². The van der Waals surface area contributed by atoms with E-state index in [1.807, 2.05) is 13.0 Å². The number of likely N-dealkylation sites (tertiary alicyclic amines) is 1. The van der Waals surface area contributed by atoms with Crippen LogP contribution in [0.25, 0.3) is 11.1 Å². The summed E-state index contributed by atoms with van der Waals surface area (Å²) in [6.45, 7) is 4.29. The molecule has 34 heavy (non-hydrogen) atoms. The molecular weight excluding hydrogens is 470 g/mol. The fraction of sp³-hybridized carbons (Fsp3) is 0.440. The zero-order chi connectivity index (χ0) is 23.7. The van der Waals surface area contributed by atoms with Gasteiger partial charge in [-0.15, -0.1) is 11.3 Å². The molecule has 1 aliphatic heterocycles. The van der Waals surface area contributed by atoms with Gasteiger partial charge in [0.25, 0.3) is 5.91 Å². The minimum Gasteiger partial charge on any atom is -0.494 e. The smallest absolute Gasteiger partial charge is 0.259 e. The Hall–Kier alpha value is -2.55. The fourth-order valence-electron chi connectivity index (χ4n) is 4.92. The van der Waals surface area contributed by atoms with E-state index in [2.05, 4.69) is 20.2 Å². The van der Waals surface area contributed by atoms with E-state index in [9.17, 15) is 4.79 Å². The van der Waals surface area contributed by atoms with Crippen molar-refractivity contribution >= 4 is 34.0 Å². The summed E-state index contributed by atoms with van der Waals surface area (Å²) < 4.78 is 5.48. The average molecular weight is 498 g/mol. The highest BCUT2D eigenvalue weighted by atomic mass is 35.5. The Labute approximate surface area is 208 Å². The van der Waals surface area contributed by atoms with Gasteiger partial charge in [0.1, 0.15) is 10.9 Å². The van der Waals surface area contributed by atoms with Gasteiger partial charge in [0.2, 0.25) is 0 Å². The Balaban J connectivity index is 1.38. The maximum atomic E-state index is 13.3. The number of thiazole rings is 1. The second-order valence-corrected chi connectivity index (χ2v) is 10.4. The number of carbonyl (C=O) groups excluding carboxylic acids is 1. The number of methoxy groups -OCH3 is 1. The maximum Gasteiger partial charge on any atom is 0.259 e. The molecule has 0 bridgehead atoms. The van der Waals surface area contributed by atoms with Crippen molar-refractivity contribution in [3.8, 4) is 16.9 Å². The van der Waals surface area contributed by atoms with Crippen molar-refractivity contribution in [2.75, 3.05) is 25.5 Å². The van der Waals surface area contributed by atoms with E-state index in [4.69, 9.17) is 21.3 Å². The van der Waals surface area contributed by atoms with Crippen molar-refractivity contribution in [1.82, 2.24) is 19.9 Å². The average Bonchev–Trinajstić information content (AvgIpc) is 3.25. The van der Waals surface area contributed by atoms with Crippen LogP contribution in [0.2, 0.25) is 5.15 Å². The van der Waals surface area contributed by atoms with Crippen LogP contribution in [0.3, 0.4) is 0 Å². The van der Waals surface area contributed by atoms with Crippen molar-refractivity contribution in [3.05, 3.63) is 51.5 Å². The minimum atomic E-state index is -0.254. The summed E-state index contributed by atoms with van der Waals surface area (Å²) in [7, 11) is 1.57. The van der Waals surface area contributed by atoms with Crippen LogP contribution in [0.1, 0.15) is 52.3 Å². The summed E-state index contributed by atoms with van der Waals surface area (Å²) in [4.78, 5) is 30.5. The van der Waals surface area contributed by atoms with Crippen LogP contribution in [-0.2, 0) is 12.8 Å². The van der Waals surface area contributed by atoms with Crippen LogP contribution in [0, 0.1) is 6.92 Å². The molecular formula is C25H28ClN5O2S. The van der Waals surface area contributed by atoms with Gasteiger partial charge in [-0.05, 0) is 64.3 Å². The third kappa shape index (κ3) is 4.80. The maximum absolute atomic E-state index is 13.3. The van der Waals surface area contributed by atoms with Gasteiger partial charge in [-0.2, -0.15) is 0 Å². The lowest BCUT2D eigenvalue weighted by molar-refractivity contribution is 0.102. The number of piperidine rings is 1. The van der Waals surface area contributed by atoms with E-state index in [1.165, 1.54) is 37.2 Å². The predicted octanol–water partition coefficient (Wildman–Crippen LogP) is 5.17. The van der Waals surface area contributed by atoms with E-state index in [1.54, 1.807) is 36.9 Å². The molecule has 2 aliphatic rings. The number of ether oxygens (including phenoxy) is 1. The summed E-state index contributed by atoms with van der Waals surface area (Å²) in [6.07, 6.45) is 10.2. The highest BCUT2D eigenvalue weighted by Gasteiger charge is 2.28. The molecule has 7 nitrogen and oxygen atoms in total. The quantitative estimate of drug-likeness (QED) is 0.490. The van der Waals surface area contributed by atoms with E-state index in [0.717, 1.165) is 30.7 Å². The molecule has 1 fully saturated rings. The number of amides is 1. The zero-order valence-electron chi connectivity index (χ0n) is 19.4. The SMILES string of the molecule is COc1cnc(Cl)cc1-c1cc(C)ncc1C(=O)Nc1nc2c(s1)CC(N1CCCCC1)CC2. The molecule has 4 heterocycles. The number of pyridine rings is 2. The van der Waals surface area contributed by atoms with Gasteiger partial charge >= 0.3 is 0 Å². The Bertz CT molecular complexity index is 1210. The summed E-state index contributed by atoms with van der Waals surface area (Å²) in [6, 6.07) is 4.15. The van der Waals surface area contributed by atoms with Crippen LogP contribution in [0.5, 0.6) is 5.75 Å². The summed E-state index contributed by atoms with van der Waals surface area (Å²) in [5.74, 6) is 0.286. The van der Waals surface area contributed by atoms with Crippen molar-refractivity contribution in [3.63, 3.8) is 0 Å². The molecule has 0 aromatic carbocycles. The van der Waals surface area contributed by atoms with Crippen LogP contribution < -0.4 is 10.1 Å². The molecule has 5 rings (SSSR count). The molecule has 9 heteroatoms. The van der Waals surface area contributed by atoms with Crippen molar-refractivity contribution in [1.29, 1.82) is 0 Å². The molecule has 1 aliphatic carbocycles. The predicted molar refractivity (Wildman–Crippen MR) is 135 cm³/mol. The Morgan fingerprint density at radius 3 is 2.79 bits per heavy atom. The highest BCUT2D eigenvalue weighted by molar-refractivity contribution is 7.15. The first-order valence-electron chi connectivity index (χ1n) is 11.7. The number of hydrogen-bond donors (Lipinski definition) is 1. The first-order chi connectivity index (χ1) is 16.5. The monoisotopic (exact) mass is 497 g/mol. The number of carbonyl (C=O) groups is 1. The van der Waals surface area contributed by atoms with Gasteiger partial charge in [0.15, 0.2) is 5.13 Å². The first-order valence-corrected chi connectivity index (χ1v) is 12.9. The van der Waals surface area contributed by atoms with Gasteiger partial charge in [0.05, 0.1) is 24.6 Å². The van der Waals surface area contributed by atoms with E-state index in [-0.39, 0.29) is 5.91 Å². The third-order valence-corrected chi connectivity index (χ3v) is 7.91. The van der Waals surface area contributed by atoms with Crippen LogP contribution in [0.15, 0.2) is 24.5 Å². The molecule has 3 aromatic heterocycles. The Kier molecular flexibility index (Phi) is 6.81. The second kappa shape index (κ2) is 9.98. The summed E-state index contributed by atoms with van der Waals surface area (Å²) >= 11 is 7.75. The molecule has 1 amide bonds. The first kappa shape index (κ1) is 23.2. The number of hydrogen-bond acceptors (Lipinski definition) is 7. The summed E-state index contributed by atoms with van der Waals surface area (Å²) in [5, 5.41) is 3.98. The standard InChI is InChI=1S/C25H28ClN5O2S/c1-15-10-17(18-12-23(26)28-14-21(18)33-2)19(13-27-15)24(32)30-25-29-20-7-6-16(11-22(20)34-25)31-8-4-3-5-9-31/h10,12-14,16H,3-9,11H2,1-2H3,(H,29,30,32). The lowest BCUT2D eigenvalue weighted by atomic mass is 9.94.